The normalized spacial score (nSPS) is 10.3. The van der Waals surface area contributed by atoms with E-state index in [2.05, 4.69) is 10.6 Å². The van der Waals surface area contributed by atoms with E-state index in [-0.39, 0.29) is 19.1 Å². The van der Waals surface area contributed by atoms with Crippen LogP contribution in [0.2, 0.25) is 0 Å². The molecule has 5 nitrogen and oxygen atoms in total. The summed E-state index contributed by atoms with van der Waals surface area (Å²) in [5.74, 6) is -0.135. The molecule has 2 aromatic carbocycles. The zero-order valence-electron chi connectivity index (χ0n) is 13.0. The molecule has 2 rings (SSSR count). The third-order valence-electron chi connectivity index (χ3n) is 3.47. The third-order valence-corrected chi connectivity index (χ3v) is 3.47. The summed E-state index contributed by atoms with van der Waals surface area (Å²) in [6, 6.07) is 15.0. The molecular weight excluding hydrogens is 292 g/mol. The molecule has 4 N–H and O–H groups in total. The van der Waals surface area contributed by atoms with Crippen LogP contribution in [-0.4, -0.2) is 29.3 Å². The predicted molar refractivity (Wildman–Crippen MR) is 90.2 cm³/mol. The second kappa shape index (κ2) is 8.92. The number of carbonyl (C=O) groups is 1. The molecule has 0 fully saturated rings. The number of anilines is 1. The van der Waals surface area contributed by atoms with Crippen LogP contribution in [0, 0.1) is 0 Å². The first-order valence-electron chi connectivity index (χ1n) is 7.64. The fourth-order valence-corrected chi connectivity index (χ4v) is 2.09. The number of amides is 1. The summed E-state index contributed by atoms with van der Waals surface area (Å²) in [5.41, 5.74) is 3.54. The molecule has 0 radical (unpaired) electrons. The fraction of sp³-hybridized carbons (Fsp3) is 0.278. The minimum atomic E-state index is -0.135. The number of aliphatic hydroxyl groups excluding tert-OH is 2. The first-order valence-corrected chi connectivity index (χ1v) is 7.64. The van der Waals surface area contributed by atoms with Gasteiger partial charge in [0.2, 0.25) is 0 Å². The molecule has 23 heavy (non-hydrogen) atoms. The zero-order valence-corrected chi connectivity index (χ0v) is 13.0. The van der Waals surface area contributed by atoms with Gasteiger partial charge in [0.15, 0.2) is 0 Å². The molecule has 0 saturated heterocycles. The van der Waals surface area contributed by atoms with Crippen LogP contribution in [0.15, 0.2) is 48.5 Å². The quantitative estimate of drug-likeness (QED) is 0.561. The molecule has 0 saturated carbocycles. The summed E-state index contributed by atoms with van der Waals surface area (Å²) in [6.45, 7) is 1.27. The van der Waals surface area contributed by atoms with Crippen molar-refractivity contribution in [3.63, 3.8) is 0 Å². The van der Waals surface area contributed by atoms with Gasteiger partial charge in [-0.05, 0) is 41.8 Å². The molecule has 0 spiro atoms. The SMILES string of the molecule is O=C(NCCCO)c1ccc(NCc2ccc(CO)cc2)cc1. The van der Waals surface area contributed by atoms with Crippen molar-refractivity contribution in [2.24, 2.45) is 0 Å². The van der Waals surface area contributed by atoms with E-state index in [0.29, 0.717) is 25.1 Å². The van der Waals surface area contributed by atoms with Gasteiger partial charge in [-0.25, -0.2) is 0 Å². The Hall–Kier alpha value is -2.37. The van der Waals surface area contributed by atoms with E-state index in [1.165, 1.54) is 0 Å². The molecule has 0 aliphatic rings. The fourth-order valence-electron chi connectivity index (χ4n) is 2.09. The summed E-state index contributed by atoms with van der Waals surface area (Å²) >= 11 is 0. The maximum Gasteiger partial charge on any atom is 0.251 e. The Kier molecular flexibility index (Phi) is 6.59. The highest BCUT2D eigenvalue weighted by Crippen LogP contribution is 2.12. The molecule has 0 heterocycles. The van der Waals surface area contributed by atoms with Crippen molar-refractivity contribution >= 4 is 11.6 Å². The van der Waals surface area contributed by atoms with Gasteiger partial charge in [0, 0.05) is 30.9 Å². The monoisotopic (exact) mass is 314 g/mol. The Bertz CT molecular complexity index is 609. The van der Waals surface area contributed by atoms with Crippen LogP contribution in [0.25, 0.3) is 0 Å². The van der Waals surface area contributed by atoms with E-state index in [1.54, 1.807) is 12.1 Å². The lowest BCUT2D eigenvalue weighted by Gasteiger charge is -2.09. The average molecular weight is 314 g/mol. The summed E-state index contributed by atoms with van der Waals surface area (Å²) in [5, 5.41) is 23.7. The van der Waals surface area contributed by atoms with E-state index in [9.17, 15) is 4.79 Å². The van der Waals surface area contributed by atoms with Crippen molar-refractivity contribution < 1.29 is 15.0 Å². The van der Waals surface area contributed by atoms with Crippen molar-refractivity contribution in [1.82, 2.24) is 5.32 Å². The number of hydrogen-bond acceptors (Lipinski definition) is 4. The molecule has 0 unspecified atom stereocenters. The van der Waals surface area contributed by atoms with Gasteiger partial charge in [0.25, 0.3) is 5.91 Å². The highest BCUT2D eigenvalue weighted by atomic mass is 16.3. The zero-order chi connectivity index (χ0) is 16.5. The average Bonchev–Trinajstić information content (AvgIpc) is 2.61. The van der Waals surface area contributed by atoms with Crippen LogP contribution in [-0.2, 0) is 13.2 Å². The van der Waals surface area contributed by atoms with Crippen LogP contribution < -0.4 is 10.6 Å². The summed E-state index contributed by atoms with van der Waals surface area (Å²) in [7, 11) is 0. The van der Waals surface area contributed by atoms with Crippen LogP contribution in [0.3, 0.4) is 0 Å². The van der Waals surface area contributed by atoms with Crippen LogP contribution in [0.4, 0.5) is 5.69 Å². The summed E-state index contributed by atoms with van der Waals surface area (Å²) in [6.07, 6.45) is 0.556. The van der Waals surface area contributed by atoms with Gasteiger partial charge < -0.3 is 20.8 Å². The highest BCUT2D eigenvalue weighted by molar-refractivity contribution is 5.94. The molecular formula is C18H22N2O3. The van der Waals surface area contributed by atoms with Gasteiger partial charge >= 0.3 is 0 Å². The van der Waals surface area contributed by atoms with E-state index in [0.717, 1.165) is 16.8 Å². The van der Waals surface area contributed by atoms with E-state index in [1.807, 2.05) is 36.4 Å². The molecule has 5 heteroatoms. The predicted octanol–water partition coefficient (Wildman–Crippen LogP) is 1.90. The molecule has 122 valence electrons. The first kappa shape index (κ1) is 17.0. The highest BCUT2D eigenvalue weighted by Gasteiger charge is 2.04. The summed E-state index contributed by atoms with van der Waals surface area (Å²) < 4.78 is 0. The van der Waals surface area contributed by atoms with Gasteiger partial charge in [0.05, 0.1) is 6.61 Å². The van der Waals surface area contributed by atoms with Gasteiger partial charge in [-0.2, -0.15) is 0 Å². The second-order valence-electron chi connectivity index (χ2n) is 5.24. The van der Waals surface area contributed by atoms with E-state index >= 15 is 0 Å². The van der Waals surface area contributed by atoms with Crippen molar-refractivity contribution in [2.75, 3.05) is 18.5 Å². The largest absolute Gasteiger partial charge is 0.396 e. The lowest BCUT2D eigenvalue weighted by molar-refractivity contribution is 0.0951. The molecule has 2 aromatic rings. The topological polar surface area (TPSA) is 81.6 Å². The summed E-state index contributed by atoms with van der Waals surface area (Å²) in [4.78, 5) is 11.8. The van der Waals surface area contributed by atoms with Crippen molar-refractivity contribution in [3.8, 4) is 0 Å². The van der Waals surface area contributed by atoms with Crippen molar-refractivity contribution in [3.05, 3.63) is 65.2 Å². The maximum absolute atomic E-state index is 11.8. The number of aliphatic hydroxyl groups is 2. The molecule has 0 aliphatic heterocycles. The smallest absolute Gasteiger partial charge is 0.251 e. The van der Waals surface area contributed by atoms with Crippen LogP contribution in [0.5, 0.6) is 0 Å². The van der Waals surface area contributed by atoms with Gasteiger partial charge in [-0.15, -0.1) is 0 Å². The third kappa shape index (κ3) is 5.39. The van der Waals surface area contributed by atoms with Gasteiger partial charge in [0.1, 0.15) is 0 Å². The number of benzene rings is 2. The maximum atomic E-state index is 11.8. The minimum absolute atomic E-state index is 0.0511. The Balaban J connectivity index is 1.85. The number of nitrogens with one attached hydrogen (secondary N) is 2. The van der Waals surface area contributed by atoms with E-state index < -0.39 is 0 Å². The molecule has 0 aliphatic carbocycles. The van der Waals surface area contributed by atoms with Crippen LogP contribution >= 0.6 is 0 Å². The molecule has 0 bridgehead atoms. The van der Waals surface area contributed by atoms with Crippen molar-refractivity contribution in [1.29, 1.82) is 0 Å². The molecule has 1 amide bonds. The Morgan fingerprint density at radius 1 is 0.913 bits per heavy atom. The lowest BCUT2D eigenvalue weighted by Crippen LogP contribution is -2.24. The Morgan fingerprint density at radius 2 is 1.57 bits per heavy atom. The van der Waals surface area contributed by atoms with Gasteiger partial charge in [-0.3, -0.25) is 4.79 Å². The number of rotatable bonds is 8. The number of hydrogen-bond donors (Lipinski definition) is 4. The second-order valence-corrected chi connectivity index (χ2v) is 5.24. The Morgan fingerprint density at radius 3 is 2.17 bits per heavy atom. The minimum Gasteiger partial charge on any atom is -0.396 e. The Labute approximate surface area is 136 Å². The van der Waals surface area contributed by atoms with Crippen LogP contribution in [0.1, 0.15) is 27.9 Å². The van der Waals surface area contributed by atoms with Gasteiger partial charge in [-0.1, -0.05) is 24.3 Å². The standard InChI is InChI=1S/C18H22N2O3/c21-11-1-10-19-18(23)16-6-8-17(9-7-16)20-12-14-2-4-15(13-22)5-3-14/h2-9,20-22H,1,10-13H2,(H,19,23). The first-order chi connectivity index (χ1) is 11.2. The molecule has 0 aromatic heterocycles. The molecule has 0 atom stereocenters. The number of carbonyl (C=O) groups excluding carboxylic acids is 1. The lowest BCUT2D eigenvalue weighted by atomic mass is 10.1. The van der Waals surface area contributed by atoms with E-state index in [4.69, 9.17) is 10.2 Å². The van der Waals surface area contributed by atoms with Crippen molar-refractivity contribution in [2.45, 2.75) is 19.6 Å².